The van der Waals surface area contributed by atoms with E-state index < -0.39 is 0 Å². The van der Waals surface area contributed by atoms with Crippen molar-refractivity contribution in [3.63, 3.8) is 0 Å². The lowest BCUT2D eigenvalue weighted by atomic mass is 9.94. The van der Waals surface area contributed by atoms with Gasteiger partial charge in [-0.3, -0.25) is 4.79 Å². The molecule has 94 valence electrons. The first-order valence-electron chi connectivity index (χ1n) is 5.68. The molecule has 0 unspecified atom stereocenters. The van der Waals surface area contributed by atoms with Gasteiger partial charge in [0.25, 0.3) is 5.91 Å². The molecule has 0 atom stereocenters. The van der Waals surface area contributed by atoms with E-state index in [1.165, 1.54) is 0 Å². The van der Waals surface area contributed by atoms with Gasteiger partial charge < -0.3 is 15.8 Å². The monoisotopic (exact) mass is 236 g/mol. The van der Waals surface area contributed by atoms with Crippen molar-refractivity contribution in [1.29, 1.82) is 0 Å². The van der Waals surface area contributed by atoms with Gasteiger partial charge in [-0.2, -0.15) is 0 Å². The molecule has 17 heavy (non-hydrogen) atoms. The zero-order valence-electron chi connectivity index (χ0n) is 10.4. The molecule has 0 spiro atoms. The molecule has 4 heteroatoms. The number of para-hydroxylation sites is 1. The normalized spacial score (nSPS) is 11.0. The quantitative estimate of drug-likeness (QED) is 0.779. The van der Waals surface area contributed by atoms with Gasteiger partial charge in [0.2, 0.25) is 0 Å². The van der Waals surface area contributed by atoms with Gasteiger partial charge in [0.15, 0.2) is 6.61 Å². The minimum Gasteiger partial charge on any atom is -0.484 e. The molecule has 0 saturated heterocycles. The van der Waals surface area contributed by atoms with Gasteiger partial charge in [0.05, 0.1) is 0 Å². The molecule has 0 saturated carbocycles. The van der Waals surface area contributed by atoms with Gasteiger partial charge in [-0.15, -0.1) is 0 Å². The van der Waals surface area contributed by atoms with Crippen molar-refractivity contribution in [2.75, 3.05) is 19.7 Å². The fourth-order valence-corrected chi connectivity index (χ4v) is 1.13. The predicted molar refractivity (Wildman–Crippen MR) is 67.8 cm³/mol. The lowest BCUT2D eigenvalue weighted by Gasteiger charge is -2.22. The van der Waals surface area contributed by atoms with Crippen LogP contribution in [0.2, 0.25) is 0 Å². The third kappa shape index (κ3) is 5.36. The van der Waals surface area contributed by atoms with Crippen molar-refractivity contribution in [2.45, 2.75) is 13.8 Å². The summed E-state index contributed by atoms with van der Waals surface area (Å²) in [5.41, 5.74) is 5.49. The van der Waals surface area contributed by atoms with E-state index in [0.717, 1.165) is 0 Å². The summed E-state index contributed by atoms with van der Waals surface area (Å²) < 4.78 is 5.32. The largest absolute Gasteiger partial charge is 0.484 e. The number of benzene rings is 1. The van der Waals surface area contributed by atoms with Gasteiger partial charge in [0, 0.05) is 6.54 Å². The molecular weight excluding hydrogens is 216 g/mol. The smallest absolute Gasteiger partial charge is 0.257 e. The Bertz CT molecular complexity index is 350. The first kappa shape index (κ1) is 13.5. The lowest BCUT2D eigenvalue weighted by Crippen LogP contribution is -2.40. The minimum atomic E-state index is -0.129. The summed E-state index contributed by atoms with van der Waals surface area (Å²) in [6.45, 7) is 5.13. The molecule has 1 aromatic carbocycles. The number of nitrogens with two attached hydrogens (primary N) is 1. The SMILES string of the molecule is CC(C)(CN)CNC(=O)COc1ccccc1. The van der Waals surface area contributed by atoms with Crippen LogP contribution in [0.15, 0.2) is 30.3 Å². The van der Waals surface area contributed by atoms with Crippen LogP contribution >= 0.6 is 0 Å². The highest BCUT2D eigenvalue weighted by molar-refractivity contribution is 5.77. The van der Waals surface area contributed by atoms with Crippen molar-refractivity contribution in [3.05, 3.63) is 30.3 Å². The van der Waals surface area contributed by atoms with Gasteiger partial charge in [-0.05, 0) is 24.1 Å². The van der Waals surface area contributed by atoms with E-state index >= 15 is 0 Å². The Morgan fingerprint density at radius 1 is 1.35 bits per heavy atom. The minimum absolute atomic E-state index is 0.0324. The molecule has 1 aromatic rings. The lowest BCUT2D eigenvalue weighted by molar-refractivity contribution is -0.123. The fraction of sp³-hybridized carbons (Fsp3) is 0.462. The van der Waals surface area contributed by atoms with Crippen LogP contribution in [0.4, 0.5) is 0 Å². The zero-order valence-corrected chi connectivity index (χ0v) is 10.4. The van der Waals surface area contributed by atoms with Crippen LogP contribution < -0.4 is 15.8 Å². The van der Waals surface area contributed by atoms with E-state index in [4.69, 9.17) is 10.5 Å². The number of ether oxygens (including phenoxy) is 1. The molecule has 0 fully saturated rings. The number of carbonyl (C=O) groups excluding carboxylic acids is 1. The molecule has 0 aromatic heterocycles. The number of hydrogen-bond donors (Lipinski definition) is 2. The topological polar surface area (TPSA) is 64.3 Å². The summed E-state index contributed by atoms with van der Waals surface area (Å²) in [7, 11) is 0. The van der Waals surface area contributed by atoms with Gasteiger partial charge >= 0.3 is 0 Å². The van der Waals surface area contributed by atoms with E-state index in [2.05, 4.69) is 5.32 Å². The predicted octanol–water partition coefficient (Wildman–Crippen LogP) is 1.17. The summed E-state index contributed by atoms with van der Waals surface area (Å²) in [4.78, 5) is 11.5. The fourth-order valence-electron chi connectivity index (χ4n) is 1.13. The van der Waals surface area contributed by atoms with E-state index in [-0.39, 0.29) is 17.9 Å². The Labute approximate surface area is 102 Å². The highest BCUT2D eigenvalue weighted by Gasteiger charge is 2.16. The summed E-state index contributed by atoms with van der Waals surface area (Å²) in [5.74, 6) is 0.566. The van der Waals surface area contributed by atoms with Crippen LogP contribution in [0, 0.1) is 5.41 Å². The van der Waals surface area contributed by atoms with Crippen LogP contribution in [0.5, 0.6) is 5.75 Å². The van der Waals surface area contributed by atoms with Crippen molar-refractivity contribution in [1.82, 2.24) is 5.32 Å². The summed E-state index contributed by atoms with van der Waals surface area (Å²) in [6.07, 6.45) is 0. The average Bonchev–Trinajstić information content (AvgIpc) is 2.35. The van der Waals surface area contributed by atoms with Crippen molar-refractivity contribution in [3.8, 4) is 5.75 Å². The van der Waals surface area contributed by atoms with Crippen LogP contribution in [0.25, 0.3) is 0 Å². The van der Waals surface area contributed by atoms with Crippen molar-refractivity contribution >= 4 is 5.91 Å². The molecule has 0 heterocycles. The van der Waals surface area contributed by atoms with Gasteiger partial charge in [0.1, 0.15) is 5.75 Å². The Balaban J connectivity index is 2.27. The second-order valence-corrected chi connectivity index (χ2v) is 4.75. The van der Waals surface area contributed by atoms with Crippen LogP contribution in [-0.2, 0) is 4.79 Å². The second-order valence-electron chi connectivity index (χ2n) is 4.75. The van der Waals surface area contributed by atoms with Crippen LogP contribution in [0.3, 0.4) is 0 Å². The first-order chi connectivity index (χ1) is 8.03. The standard InChI is InChI=1S/C13H20N2O2/c1-13(2,9-14)10-15-12(16)8-17-11-6-4-3-5-7-11/h3-7H,8-10,14H2,1-2H3,(H,15,16). The van der Waals surface area contributed by atoms with Crippen LogP contribution in [0.1, 0.15) is 13.8 Å². The number of amides is 1. The van der Waals surface area contributed by atoms with E-state index in [1.54, 1.807) is 0 Å². The molecule has 0 aliphatic rings. The highest BCUT2D eigenvalue weighted by Crippen LogP contribution is 2.10. The average molecular weight is 236 g/mol. The third-order valence-electron chi connectivity index (χ3n) is 2.43. The van der Waals surface area contributed by atoms with Gasteiger partial charge in [-0.1, -0.05) is 32.0 Å². The number of carbonyl (C=O) groups is 1. The van der Waals surface area contributed by atoms with E-state index in [9.17, 15) is 4.79 Å². The first-order valence-corrected chi connectivity index (χ1v) is 5.68. The Kier molecular flexibility index (Phi) is 4.97. The summed E-state index contributed by atoms with van der Waals surface area (Å²) in [5, 5.41) is 2.80. The molecule has 0 aliphatic carbocycles. The highest BCUT2D eigenvalue weighted by atomic mass is 16.5. The molecule has 1 rings (SSSR count). The molecule has 1 amide bonds. The van der Waals surface area contributed by atoms with E-state index in [1.807, 2.05) is 44.2 Å². The second kappa shape index (κ2) is 6.25. The molecular formula is C13H20N2O2. The third-order valence-corrected chi connectivity index (χ3v) is 2.43. The summed E-state index contributed by atoms with van der Waals surface area (Å²) >= 11 is 0. The maximum Gasteiger partial charge on any atom is 0.257 e. The number of hydrogen-bond acceptors (Lipinski definition) is 3. The molecule has 0 bridgehead atoms. The Morgan fingerprint density at radius 2 is 2.00 bits per heavy atom. The maximum absolute atomic E-state index is 11.5. The number of nitrogens with one attached hydrogen (secondary N) is 1. The molecule has 0 radical (unpaired) electrons. The van der Waals surface area contributed by atoms with Crippen LogP contribution in [-0.4, -0.2) is 25.6 Å². The Hall–Kier alpha value is -1.55. The van der Waals surface area contributed by atoms with Gasteiger partial charge in [-0.25, -0.2) is 0 Å². The molecule has 0 aliphatic heterocycles. The Morgan fingerprint density at radius 3 is 2.59 bits per heavy atom. The van der Waals surface area contributed by atoms with E-state index in [0.29, 0.717) is 18.8 Å². The zero-order chi connectivity index (χ0) is 12.7. The van der Waals surface area contributed by atoms with Crippen molar-refractivity contribution < 1.29 is 9.53 Å². The summed E-state index contributed by atoms with van der Waals surface area (Å²) in [6, 6.07) is 9.26. The molecule has 4 nitrogen and oxygen atoms in total. The molecule has 3 N–H and O–H groups in total. The number of rotatable bonds is 6. The van der Waals surface area contributed by atoms with Crippen molar-refractivity contribution in [2.24, 2.45) is 11.1 Å². The maximum atomic E-state index is 11.5.